The minimum absolute atomic E-state index is 0.0891. The second kappa shape index (κ2) is 3.83. The lowest BCUT2D eigenvalue weighted by molar-refractivity contribution is -0.116. The first-order chi connectivity index (χ1) is 4.16. The van der Waals surface area contributed by atoms with Crippen LogP contribution in [0.4, 0.5) is 0 Å². The summed E-state index contributed by atoms with van der Waals surface area (Å²) in [6.07, 6.45) is 2.65. The molecule has 0 radical (unpaired) electrons. The van der Waals surface area contributed by atoms with Crippen molar-refractivity contribution >= 4 is 11.7 Å². The quantitative estimate of drug-likeness (QED) is 0.543. The smallest absolute Gasteiger partial charge is 0.241 e. The standard InChI is InChI=1S/C6H9NO2/c1-2-5(8)3-4-6(7)9/h3-4H,2H2,1H3,(H2,7,9)/b4-3-. The Morgan fingerprint density at radius 1 is 1.44 bits per heavy atom. The van der Waals surface area contributed by atoms with E-state index in [2.05, 4.69) is 0 Å². The Morgan fingerprint density at radius 3 is 2.33 bits per heavy atom. The molecule has 3 nitrogen and oxygen atoms in total. The summed E-state index contributed by atoms with van der Waals surface area (Å²) < 4.78 is 0. The first-order valence-electron chi connectivity index (χ1n) is 2.67. The third kappa shape index (κ3) is 4.74. The van der Waals surface area contributed by atoms with Crippen LogP contribution in [0.15, 0.2) is 12.2 Å². The van der Waals surface area contributed by atoms with Crippen LogP contribution in [0.3, 0.4) is 0 Å². The molecule has 0 aromatic rings. The summed E-state index contributed by atoms with van der Waals surface area (Å²) in [6, 6.07) is 0. The van der Waals surface area contributed by atoms with E-state index in [-0.39, 0.29) is 5.78 Å². The lowest BCUT2D eigenvalue weighted by atomic mass is 10.3. The van der Waals surface area contributed by atoms with Crippen molar-refractivity contribution in [3.8, 4) is 0 Å². The average Bonchev–Trinajstić information content (AvgIpc) is 1.83. The van der Waals surface area contributed by atoms with Crippen molar-refractivity contribution in [3.63, 3.8) is 0 Å². The van der Waals surface area contributed by atoms with Crippen LogP contribution in [0, 0.1) is 0 Å². The summed E-state index contributed by atoms with van der Waals surface area (Å²) in [5.74, 6) is -0.675. The number of hydrogen-bond acceptors (Lipinski definition) is 2. The largest absolute Gasteiger partial charge is 0.366 e. The molecular formula is C6H9NO2. The molecule has 50 valence electrons. The van der Waals surface area contributed by atoms with E-state index < -0.39 is 5.91 Å². The normalized spacial score (nSPS) is 9.89. The molecule has 1 amide bonds. The van der Waals surface area contributed by atoms with E-state index >= 15 is 0 Å². The van der Waals surface area contributed by atoms with Gasteiger partial charge in [0, 0.05) is 12.5 Å². The zero-order valence-electron chi connectivity index (χ0n) is 5.26. The van der Waals surface area contributed by atoms with Crippen molar-refractivity contribution in [3.05, 3.63) is 12.2 Å². The van der Waals surface area contributed by atoms with Gasteiger partial charge in [-0.25, -0.2) is 0 Å². The molecule has 3 heteroatoms. The van der Waals surface area contributed by atoms with Crippen LogP contribution in [0.5, 0.6) is 0 Å². The molecule has 2 N–H and O–H groups in total. The van der Waals surface area contributed by atoms with Crippen molar-refractivity contribution in [2.75, 3.05) is 0 Å². The fourth-order valence-corrected chi connectivity index (χ4v) is 0.293. The molecule has 0 aliphatic heterocycles. The SMILES string of the molecule is CCC(=O)/C=C\C(N)=O. The number of hydrogen-bond donors (Lipinski definition) is 1. The first kappa shape index (κ1) is 7.88. The second-order valence-electron chi connectivity index (χ2n) is 1.56. The predicted octanol–water partition coefficient (Wildman–Crippen LogP) is 0.00700. The van der Waals surface area contributed by atoms with Gasteiger partial charge in [-0.1, -0.05) is 6.92 Å². The number of carbonyl (C=O) groups is 2. The van der Waals surface area contributed by atoms with Crippen LogP contribution in [0.2, 0.25) is 0 Å². The minimum atomic E-state index is -0.586. The van der Waals surface area contributed by atoms with E-state index in [1.165, 1.54) is 6.08 Å². The van der Waals surface area contributed by atoms with Crippen molar-refractivity contribution in [2.45, 2.75) is 13.3 Å². The summed E-state index contributed by atoms with van der Waals surface area (Å²) >= 11 is 0. The average molecular weight is 127 g/mol. The highest BCUT2D eigenvalue weighted by Gasteiger charge is 1.89. The van der Waals surface area contributed by atoms with Gasteiger partial charge in [0.05, 0.1) is 0 Å². The van der Waals surface area contributed by atoms with Crippen LogP contribution in [-0.2, 0) is 9.59 Å². The van der Waals surface area contributed by atoms with Crippen LogP contribution in [0.25, 0.3) is 0 Å². The number of amides is 1. The van der Waals surface area contributed by atoms with E-state index in [0.717, 1.165) is 6.08 Å². The maximum atomic E-state index is 10.4. The third-order valence-corrected chi connectivity index (χ3v) is 0.782. The first-order valence-corrected chi connectivity index (χ1v) is 2.67. The summed E-state index contributed by atoms with van der Waals surface area (Å²) in [5, 5.41) is 0. The molecule has 0 heterocycles. The molecule has 0 atom stereocenters. The molecule has 0 aliphatic carbocycles. The summed E-state index contributed by atoms with van der Waals surface area (Å²) in [4.78, 5) is 20.4. The molecule has 0 rings (SSSR count). The molecule has 0 spiro atoms. The number of rotatable bonds is 3. The monoisotopic (exact) mass is 127 g/mol. The number of primary amides is 1. The highest BCUT2D eigenvalue weighted by atomic mass is 16.1. The maximum Gasteiger partial charge on any atom is 0.241 e. The Hall–Kier alpha value is -1.12. The summed E-state index contributed by atoms with van der Waals surface area (Å²) in [5.41, 5.74) is 4.72. The number of carbonyl (C=O) groups excluding carboxylic acids is 2. The van der Waals surface area contributed by atoms with Gasteiger partial charge in [0.2, 0.25) is 5.91 Å². The van der Waals surface area contributed by atoms with Crippen LogP contribution in [0.1, 0.15) is 13.3 Å². The van der Waals surface area contributed by atoms with Crippen LogP contribution >= 0.6 is 0 Å². The van der Waals surface area contributed by atoms with E-state index in [1.807, 2.05) is 0 Å². The molecule has 9 heavy (non-hydrogen) atoms. The van der Waals surface area contributed by atoms with E-state index in [9.17, 15) is 9.59 Å². The van der Waals surface area contributed by atoms with E-state index in [4.69, 9.17) is 5.73 Å². The maximum absolute atomic E-state index is 10.4. The molecule has 0 fully saturated rings. The Labute approximate surface area is 53.5 Å². The fraction of sp³-hybridized carbons (Fsp3) is 0.333. The number of nitrogens with two attached hydrogens (primary N) is 1. The van der Waals surface area contributed by atoms with E-state index in [0.29, 0.717) is 6.42 Å². The van der Waals surface area contributed by atoms with E-state index in [1.54, 1.807) is 6.92 Å². The highest BCUT2D eigenvalue weighted by Crippen LogP contribution is 1.81. The van der Waals surface area contributed by atoms with Gasteiger partial charge in [-0.3, -0.25) is 9.59 Å². The lowest BCUT2D eigenvalue weighted by Crippen LogP contribution is -2.06. The van der Waals surface area contributed by atoms with Gasteiger partial charge in [-0.05, 0) is 6.08 Å². The Morgan fingerprint density at radius 2 is 2.00 bits per heavy atom. The van der Waals surface area contributed by atoms with Crippen molar-refractivity contribution in [1.82, 2.24) is 0 Å². The van der Waals surface area contributed by atoms with Gasteiger partial charge in [-0.15, -0.1) is 0 Å². The zero-order chi connectivity index (χ0) is 7.28. The fourth-order valence-electron chi connectivity index (χ4n) is 0.293. The predicted molar refractivity (Wildman–Crippen MR) is 33.6 cm³/mol. The van der Waals surface area contributed by atoms with Crippen LogP contribution < -0.4 is 5.73 Å². The molecule has 0 saturated carbocycles. The lowest BCUT2D eigenvalue weighted by Gasteiger charge is -1.81. The Bertz CT molecular complexity index is 149. The Kier molecular flexibility index (Phi) is 3.35. The topological polar surface area (TPSA) is 60.2 Å². The van der Waals surface area contributed by atoms with Gasteiger partial charge in [0.25, 0.3) is 0 Å². The number of ketones is 1. The molecule has 0 unspecified atom stereocenters. The molecule has 0 saturated heterocycles. The van der Waals surface area contributed by atoms with Gasteiger partial charge >= 0.3 is 0 Å². The second-order valence-corrected chi connectivity index (χ2v) is 1.56. The van der Waals surface area contributed by atoms with Gasteiger partial charge in [0.15, 0.2) is 5.78 Å². The zero-order valence-corrected chi connectivity index (χ0v) is 5.26. The number of allylic oxidation sites excluding steroid dienone is 1. The highest BCUT2D eigenvalue weighted by molar-refractivity contribution is 5.96. The molecular weight excluding hydrogens is 118 g/mol. The van der Waals surface area contributed by atoms with Gasteiger partial charge < -0.3 is 5.73 Å². The van der Waals surface area contributed by atoms with Crippen molar-refractivity contribution in [1.29, 1.82) is 0 Å². The molecule has 0 aromatic heterocycles. The summed E-state index contributed by atoms with van der Waals surface area (Å²) in [6.45, 7) is 1.72. The van der Waals surface area contributed by atoms with Gasteiger partial charge in [0.1, 0.15) is 0 Å². The summed E-state index contributed by atoms with van der Waals surface area (Å²) in [7, 11) is 0. The van der Waals surface area contributed by atoms with Crippen molar-refractivity contribution in [2.24, 2.45) is 5.73 Å². The molecule has 0 bridgehead atoms. The Balaban J connectivity index is 3.71. The molecule has 0 aromatic carbocycles. The van der Waals surface area contributed by atoms with Gasteiger partial charge in [-0.2, -0.15) is 0 Å². The minimum Gasteiger partial charge on any atom is -0.366 e. The van der Waals surface area contributed by atoms with Crippen molar-refractivity contribution < 1.29 is 9.59 Å². The third-order valence-electron chi connectivity index (χ3n) is 0.782. The molecule has 0 aliphatic rings. The van der Waals surface area contributed by atoms with Crippen LogP contribution in [-0.4, -0.2) is 11.7 Å².